The van der Waals surface area contributed by atoms with Crippen LogP contribution in [0.4, 0.5) is 0 Å². The van der Waals surface area contributed by atoms with Crippen LogP contribution in [-0.4, -0.2) is 10.1 Å². The highest BCUT2D eigenvalue weighted by Crippen LogP contribution is 2.24. The first-order chi connectivity index (χ1) is 9.45. The second-order valence-corrected chi connectivity index (χ2v) is 5.66. The Kier molecular flexibility index (Phi) is 2.71. The molecule has 102 valence electrons. The van der Waals surface area contributed by atoms with Crippen molar-refractivity contribution in [2.45, 2.75) is 26.2 Å². The predicted molar refractivity (Wildman–Crippen MR) is 74.5 cm³/mol. The van der Waals surface area contributed by atoms with Crippen LogP contribution in [0.3, 0.4) is 0 Å². The molecule has 0 amide bonds. The molecule has 3 rings (SSSR count). The van der Waals surface area contributed by atoms with Gasteiger partial charge in [0.15, 0.2) is 11.6 Å². The molecule has 3 aromatic rings. The second kappa shape index (κ2) is 4.30. The number of hydrogen-bond acceptors (Lipinski definition) is 5. The molecule has 20 heavy (non-hydrogen) atoms. The smallest absolute Gasteiger partial charge is 0.344 e. The van der Waals surface area contributed by atoms with Gasteiger partial charge in [0.25, 0.3) is 5.89 Å². The lowest BCUT2D eigenvalue weighted by Gasteiger charge is -2.10. The van der Waals surface area contributed by atoms with Crippen LogP contribution in [0, 0.1) is 0 Å². The Hall–Kier alpha value is -2.43. The second-order valence-electron chi connectivity index (χ2n) is 5.66. The van der Waals surface area contributed by atoms with Crippen molar-refractivity contribution in [2.24, 2.45) is 0 Å². The molecule has 0 bridgehead atoms. The van der Waals surface area contributed by atoms with Crippen molar-refractivity contribution in [3.05, 3.63) is 46.6 Å². The number of rotatable bonds is 1. The Morgan fingerprint density at radius 2 is 1.90 bits per heavy atom. The molecule has 0 saturated heterocycles. The summed E-state index contributed by atoms with van der Waals surface area (Å²) in [5.41, 5.74) is -0.632. The highest BCUT2D eigenvalue weighted by molar-refractivity contribution is 5.83. The van der Waals surface area contributed by atoms with E-state index in [1.807, 2.05) is 32.9 Å². The summed E-state index contributed by atoms with van der Waals surface area (Å²) in [5, 5.41) is 5.25. The fourth-order valence-electron chi connectivity index (χ4n) is 1.87. The van der Waals surface area contributed by atoms with Gasteiger partial charge in [0, 0.05) is 5.41 Å². The maximum atomic E-state index is 11.9. The average Bonchev–Trinajstić information content (AvgIpc) is 2.88. The van der Waals surface area contributed by atoms with Crippen LogP contribution >= 0.6 is 0 Å². The highest BCUT2D eigenvalue weighted by Gasteiger charge is 2.22. The largest absolute Gasteiger partial charge is 0.417 e. The SMILES string of the molecule is CC(C)(C)c1noc(-c2cc3ccccc3c(=O)o2)n1. The number of aromatic nitrogens is 2. The maximum absolute atomic E-state index is 11.9. The molecule has 2 heterocycles. The van der Waals surface area contributed by atoms with Crippen molar-refractivity contribution in [3.8, 4) is 11.7 Å². The summed E-state index contributed by atoms with van der Waals surface area (Å²) < 4.78 is 10.4. The first-order valence-electron chi connectivity index (χ1n) is 6.32. The standard InChI is InChI=1S/C15H14N2O3/c1-15(2,3)14-16-12(20-17-14)11-8-9-6-4-5-7-10(9)13(18)19-11/h4-8H,1-3H3. The Balaban J connectivity index is 2.15. The molecule has 0 unspecified atom stereocenters. The molecule has 5 nitrogen and oxygen atoms in total. The van der Waals surface area contributed by atoms with Crippen LogP contribution in [-0.2, 0) is 5.41 Å². The van der Waals surface area contributed by atoms with Gasteiger partial charge in [-0.05, 0) is 17.5 Å². The molecule has 0 N–H and O–H groups in total. The van der Waals surface area contributed by atoms with Crippen LogP contribution in [0.15, 0.2) is 44.1 Å². The van der Waals surface area contributed by atoms with Crippen molar-refractivity contribution >= 4 is 10.8 Å². The van der Waals surface area contributed by atoms with E-state index in [4.69, 9.17) is 8.94 Å². The van der Waals surface area contributed by atoms with E-state index in [1.54, 1.807) is 18.2 Å². The number of hydrogen-bond donors (Lipinski definition) is 0. The zero-order valence-corrected chi connectivity index (χ0v) is 11.5. The normalized spacial score (nSPS) is 11.9. The summed E-state index contributed by atoms with van der Waals surface area (Å²) in [6.45, 7) is 5.95. The summed E-state index contributed by atoms with van der Waals surface area (Å²) in [6, 6.07) is 8.95. The Bertz CT molecular complexity index is 825. The summed E-state index contributed by atoms with van der Waals surface area (Å²) in [4.78, 5) is 16.2. The van der Waals surface area contributed by atoms with Crippen LogP contribution in [0.25, 0.3) is 22.4 Å². The lowest BCUT2D eigenvalue weighted by Crippen LogP contribution is -2.13. The third-order valence-corrected chi connectivity index (χ3v) is 2.98. The molecule has 0 aliphatic heterocycles. The lowest BCUT2D eigenvalue weighted by atomic mass is 9.96. The highest BCUT2D eigenvalue weighted by atomic mass is 16.5. The minimum absolute atomic E-state index is 0.220. The van der Waals surface area contributed by atoms with Gasteiger partial charge >= 0.3 is 5.63 Å². The van der Waals surface area contributed by atoms with Gasteiger partial charge in [-0.2, -0.15) is 4.98 Å². The first kappa shape index (κ1) is 12.6. The van der Waals surface area contributed by atoms with Crippen molar-refractivity contribution in [3.63, 3.8) is 0 Å². The molecule has 0 aliphatic carbocycles. The van der Waals surface area contributed by atoms with Crippen molar-refractivity contribution in [2.75, 3.05) is 0 Å². The predicted octanol–water partition coefficient (Wildman–Crippen LogP) is 3.14. The van der Waals surface area contributed by atoms with E-state index < -0.39 is 5.63 Å². The first-order valence-corrected chi connectivity index (χ1v) is 6.32. The van der Waals surface area contributed by atoms with Gasteiger partial charge in [-0.25, -0.2) is 4.79 Å². The van der Waals surface area contributed by atoms with Crippen LogP contribution < -0.4 is 5.63 Å². The number of nitrogens with zero attached hydrogens (tertiary/aromatic N) is 2. The number of benzene rings is 1. The fraction of sp³-hybridized carbons (Fsp3) is 0.267. The minimum Gasteiger partial charge on any atom is -0.417 e. The van der Waals surface area contributed by atoms with Crippen LogP contribution in [0.1, 0.15) is 26.6 Å². The maximum Gasteiger partial charge on any atom is 0.344 e. The van der Waals surface area contributed by atoms with E-state index >= 15 is 0 Å². The topological polar surface area (TPSA) is 69.1 Å². The zero-order chi connectivity index (χ0) is 14.3. The Morgan fingerprint density at radius 3 is 2.60 bits per heavy atom. The van der Waals surface area contributed by atoms with E-state index in [0.29, 0.717) is 11.2 Å². The van der Waals surface area contributed by atoms with Gasteiger partial charge in [0.2, 0.25) is 0 Å². The summed E-state index contributed by atoms with van der Waals surface area (Å²) in [7, 11) is 0. The Labute approximate surface area is 115 Å². The van der Waals surface area contributed by atoms with Crippen molar-refractivity contribution < 1.29 is 8.94 Å². The van der Waals surface area contributed by atoms with Gasteiger partial charge in [-0.1, -0.05) is 44.1 Å². The summed E-state index contributed by atoms with van der Waals surface area (Å²) in [6.07, 6.45) is 0. The molecule has 0 radical (unpaired) electrons. The third kappa shape index (κ3) is 2.11. The van der Waals surface area contributed by atoms with E-state index in [9.17, 15) is 4.79 Å². The molecule has 0 aliphatic rings. The lowest BCUT2D eigenvalue weighted by molar-refractivity contribution is 0.390. The van der Waals surface area contributed by atoms with Gasteiger partial charge in [0.05, 0.1) is 5.39 Å². The molecular formula is C15H14N2O3. The molecular weight excluding hydrogens is 256 g/mol. The van der Waals surface area contributed by atoms with E-state index in [1.165, 1.54) is 0 Å². The van der Waals surface area contributed by atoms with Crippen molar-refractivity contribution in [1.29, 1.82) is 0 Å². The van der Waals surface area contributed by atoms with Crippen LogP contribution in [0.5, 0.6) is 0 Å². The quantitative estimate of drug-likeness (QED) is 0.679. The molecule has 0 saturated carbocycles. The molecule has 2 aromatic heterocycles. The summed E-state index contributed by atoms with van der Waals surface area (Å²) in [5.74, 6) is 1.08. The van der Waals surface area contributed by atoms with Gasteiger partial charge in [-0.15, -0.1) is 0 Å². The zero-order valence-electron chi connectivity index (χ0n) is 11.5. The van der Waals surface area contributed by atoms with Crippen LogP contribution in [0.2, 0.25) is 0 Å². The average molecular weight is 270 g/mol. The minimum atomic E-state index is -0.409. The molecule has 0 spiro atoms. The van der Waals surface area contributed by atoms with Gasteiger partial charge < -0.3 is 8.94 Å². The monoisotopic (exact) mass is 270 g/mol. The van der Waals surface area contributed by atoms with Crippen molar-refractivity contribution in [1.82, 2.24) is 10.1 Å². The summed E-state index contributed by atoms with van der Waals surface area (Å²) >= 11 is 0. The fourth-order valence-corrected chi connectivity index (χ4v) is 1.87. The molecule has 0 atom stereocenters. The molecule has 1 aromatic carbocycles. The Morgan fingerprint density at radius 1 is 1.15 bits per heavy atom. The molecule has 0 fully saturated rings. The van der Waals surface area contributed by atoms with E-state index in [0.717, 1.165) is 5.39 Å². The van der Waals surface area contributed by atoms with Gasteiger partial charge in [-0.3, -0.25) is 0 Å². The van der Waals surface area contributed by atoms with E-state index in [-0.39, 0.29) is 17.1 Å². The van der Waals surface area contributed by atoms with Gasteiger partial charge in [0.1, 0.15) is 0 Å². The molecule has 5 heteroatoms. The number of fused-ring (bicyclic) bond motifs is 1. The third-order valence-electron chi connectivity index (χ3n) is 2.98. The van der Waals surface area contributed by atoms with E-state index in [2.05, 4.69) is 10.1 Å².